The first kappa shape index (κ1) is 9.24. The van der Waals surface area contributed by atoms with Gasteiger partial charge in [-0.05, 0) is 24.6 Å². The molecule has 0 fully saturated rings. The van der Waals surface area contributed by atoms with E-state index in [2.05, 4.69) is 5.32 Å². The van der Waals surface area contributed by atoms with E-state index in [0.29, 0.717) is 0 Å². The van der Waals surface area contributed by atoms with Crippen LogP contribution in [0.2, 0.25) is 0 Å². The van der Waals surface area contributed by atoms with Crippen LogP contribution in [0.3, 0.4) is 0 Å². The number of aliphatic hydroxyl groups excluding tert-OH is 1. The minimum absolute atomic E-state index is 0.632. The van der Waals surface area contributed by atoms with Crippen molar-refractivity contribution < 1.29 is 5.11 Å². The maximum atomic E-state index is 9.52. The summed E-state index contributed by atoms with van der Waals surface area (Å²) >= 11 is 0. The first-order valence-corrected chi connectivity index (χ1v) is 4.65. The number of nitrogens with one attached hydrogen (secondary N) is 1. The summed E-state index contributed by atoms with van der Waals surface area (Å²) in [6, 6.07) is 7.85. The second kappa shape index (κ2) is 3.12. The van der Waals surface area contributed by atoms with Gasteiger partial charge in [0.15, 0.2) is 0 Å². The van der Waals surface area contributed by atoms with E-state index in [-0.39, 0.29) is 0 Å². The molecule has 14 heavy (non-hydrogen) atoms. The molecule has 3 nitrogen and oxygen atoms in total. The van der Waals surface area contributed by atoms with E-state index in [0.717, 1.165) is 11.3 Å². The van der Waals surface area contributed by atoms with Gasteiger partial charge in [0.05, 0.1) is 6.10 Å². The SMILES string of the molecule is CC(O)C1(N)C=Cc2ccccc2N1. The topological polar surface area (TPSA) is 58.3 Å². The number of para-hydroxylation sites is 1. The number of anilines is 1. The molecule has 0 bridgehead atoms. The highest BCUT2D eigenvalue weighted by Crippen LogP contribution is 2.26. The average Bonchev–Trinajstić information content (AvgIpc) is 2.17. The first-order valence-electron chi connectivity index (χ1n) is 4.65. The predicted molar refractivity (Wildman–Crippen MR) is 57.7 cm³/mol. The maximum Gasteiger partial charge on any atom is 0.132 e. The minimum atomic E-state index is -0.853. The van der Waals surface area contributed by atoms with E-state index in [1.165, 1.54) is 0 Å². The van der Waals surface area contributed by atoms with Crippen LogP contribution < -0.4 is 11.1 Å². The summed E-state index contributed by atoms with van der Waals surface area (Å²) in [5.41, 5.74) is 7.16. The monoisotopic (exact) mass is 190 g/mol. The Morgan fingerprint density at radius 3 is 2.86 bits per heavy atom. The maximum absolute atomic E-state index is 9.52. The Morgan fingerprint density at radius 1 is 1.43 bits per heavy atom. The fraction of sp³-hybridized carbons (Fsp3) is 0.273. The molecule has 1 aromatic rings. The van der Waals surface area contributed by atoms with Gasteiger partial charge in [-0.3, -0.25) is 0 Å². The van der Waals surface area contributed by atoms with Crippen molar-refractivity contribution in [2.24, 2.45) is 5.73 Å². The number of hydrogen-bond acceptors (Lipinski definition) is 3. The lowest BCUT2D eigenvalue weighted by Gasteiger charge is -2.34. The number of hydrogen-bond donors (Lipinski definition) is 3. The van der Waals surface area contributed by atoms with E-state index in [1.807, 2.05) is 30.3 Å². The van der Waals surface area contributed by atoms with Crippen LogP contribution in [-0.4, -0.2) is 16.9 Å². The second-order valence-electron chi connectivity index (χ2n) is 3.65. The molecule has 1 heterocycles. The lowest BCUT2D eigenvalue weighted by Crippen LogP contribution is -2.55. The molecular weight excluding hydrogens is 176 g/mol. The van der Waals surface area contributed by atoms with Crippen LogP contribution in [0.1, 0.15) is 12.5 Å². The average molecular weight is 190 g/mol. The van der Waals surface area contributed by atoms with Gasteiger partial charge in [0.1, 0.15) is 5.66 Å². The Balaban J connectivity index is 2.38. The Hall–Kier alpha value is -1.32. The highest BCUT2D eigenvalue weighted by Gasteiger charge is 2.30. The second-order valence-corrected chi connectivity index (χ2v) is 3.65. The normalized spacial score (nSPS) is 26.5. The highest BCUT2D eigenvalue weighted by molar-refractivity contribution is 5.72. The smallest absolute Gasteiger partial charge is 0.132 e. The molecule has 0 aliphatic carbocycles. The molecule has 2 atom stereocenters. The number of aliphatic hydroxyl groups is 1. The van der Waals surface area contributed by atoms with E-state index in [9.17, 15) is 5.11 Å². The molecule has 3 heteroatoms. The third-order valence-electron chi connectivity index (χ3n) is 2.54. The number of rotatable bonds is 1. The quantitative estimate of drug-likeness (QED) is 0.623. The third-order valence-corrected chi connectivity index (χ3v) is 2.54. The van der Waals surface area contributed by atoms with Crippen molar-refractivity contribution in [2.45, 2.75) is 18.7 Å². The molecular formula is C11H14N2O. The Bertz CT molecular complexity index is 373. The van der Waals surface area contributed by atoms with Gasteiger partial charge in [-0.25, -0.2) is 0 Å². The Kier molecular flexibility index (Phi) is 2.06. The lowest BCUT2D eigenvalue weighted by molar-refractivity contribution is 0.141. The molecule has 0 spiro atoms. The van der Waals surface area contributed by atoms with Crippen molar-refractivity contribution in [2.75, 3.05) is 5.32 Å². The number of fused-ring (bicyclic) bond motifs is 1. The predicted octanol–water partition coefficient (Wildman–Crippen LogP) is 1.16. The molecule has 4 N–H and O–H groups in total. The van der Waals surface area contributed by atoms with Crippen LogP contribution in [0, 0.1) is 0 Å². The first-order chi connectivity index (χ1) is 6.62. The Labute approximate surface area is 83.2 Å². The standard InChI is InChI=1S/C11H14N2O/c1-8(14)11(12)7-6-9-4-2-3-5-10(9)13-11/h2-8,13-14H,12H2,1H3. The van der Waals surface area contributed by atoms with Crippen molar-refractivity contribution in [1.29, 1.82) is 0 Å². The van der Waals surface area contributed by atoms with Crippen LogP contribution >= 0.6 is 0 Å². The van der Waals surface area contributed by atoms with Crippen LogP contribution in [0.4, 0.5) is 5.69 Å². The van der Waals surface area contributed by atoms with Gasteiger partial charge in [-0.1, -0.05) is 24.3 Å². The molecule has 0 amide bonds. The van der Waals surface area contributed by atoms with Crippen molar-refractivity contribution in [1.82, 2.24) is 0 Å². The van der Waals surface area contributed by atoms with Crippen molar-refractivity contribution >= 4 is 11.8 Å². The van der Waals surface area contributed by atoms with Gasteiger partial charge in [-0.15, -0.1) is 0 Å². The summed E-state index contributed by atoms with van der Waals surface area (Å²) in [7, 11) is 0. The Morgan fingerprint density at radius 2 is 2.14 bits per heavy atom. The fourth-order valence-electron chi connectivity index (χ4n) is 1.50. The summed E-state index contributed by atoms with van der Waals surface area (Å²) in [4.78, 5) is 0. The van der Waals surface area contributed by atoms with Gasteiger partial charge in [0.25, 0.3) is 0 Å². The summed E-state index contributed by atoms with van der Waals surface area (Å²) < 4.78 is 0. The van der Waals surface area contributed by atoms with Gasteiger partial charge in [-0.2, -0.15) is 0 Å². The lowest BCUT2D eigenvalue weighted by atomic mass is 9.97. The molecule has 1 aromatic carbocycles. The van der Waals surface area contributed by atoms with E-state index >= 15 is 0 Å². The van der Waals surface area contributed by atoms with Gasteiger partial charge < -0.3 is 16.2 Å². The third kappa shape index (κ3) is 1.41. The highest BCUT2D eigenvalue weighted by atomic mass is 16.3. The number of benzene rings is 1. The minimum Gasteiger partial charge on any atom is -0.389 e. The van der Waals surface area contributed by atoms with Crippen LogP contribution in [0.25, 0.3) is 6.08 Å². The zero-order valence-electron chi connectivity index (χ0n) is 8.07. The summed E-state index contributed by atoms with van der Waals surface area (Å²) in [5.74, 6) is 0. The van der Waals surface area contributed by atoms with Crippen LogP contribution in [0.5, 0.6) is 0 Å². The van der Waals surface area contributed by atoms with Gasteiger partial charge in [0, 0.05) is 5.69 Å². The van der Waals surface area contributed by atoms with Gasteiger partial charge >= 0.3 is 0 Å². The number of nitrogens with two attached hydrogens (primary N) is 1. The molecule has 74 valence electrons. The molecule has 0 aromatic heterocycles. The fourth-order valence-corrected chi connectivity index (χ4v) is 1.50. The molecule has 0 radical (unpaired) electrons. The van der Waals surface area contributed by atoms with Crippen LogP contribution in [0.15, 0.2) is 30.3 Å². The van der Waals surface area contributed by atoms with E-state index in [1.54, 1.807) is 13.0 Å². The summed E-state index contributed by atoms with van der Waals surface area (Å²) in [6.45, 7) is 1.67. The molecule has 2 unspecified atom stereocenters. The van der Waals surface area contributed by atoms with Crippen LogP contribution in [-0.2, 0) is 0 Å². The molecule has 0 saturated heterocycles. The zero-order valence-corrected chi connectivity index (χ0v) is 8.07. The van der Waals surface area contributed by atoms with Gasteiger partial charge in [0.2, 0.25) is 0 Å². The van der Waals surface area contributed by atoms with E-state index in [4.69, 9.17) is 5.73 Å². The molecule has 1 aliphatic heterocycles. The summed E-state index contributed by atoms with van der Waals surface area (Å²) in [5, 5.41) is 12.6. The van der Waals surface area contributed by atoms with Crippen molar-refractivity contribution in [3.8, 4) is 0 Å². The summed E-state index contributed by atoms with van der Waals surface area (Å²) in [6.07, 6.45) is 3.09. The van der Waals surface area contributed by atoms with Crippen molar-refractivity contribution in [3.05, 3.63) is 35.9 Å². The molecule has 1 aliphatic rings. The van der Waals surface area contributed by atoms with E-state index < -0.39 is 11.8 Å². The van der Waals surface area contributed by atoms with Crippen molar-refractivity contribution in [3.63, 3.8) is 0 Å². The zero-order chi connectivity index (χ0) is 10.2. The molecule has 2 rings (SSSR count). The largest absolute Gasteiger partial charge is 0.389 e. The molecule has 0 saturated carbocycles.